The summed E-state index contributed by atoms with van der Waals surface area (Å²) in [6, 6.07) is 18.8. The molecule has 0 saturated carbocycles. The number of carbonyl (C=O) groups is 1. The largest absolute Gasteiger partial charge is 0.373 e. The third kappa shape index (κ3) is 3.69. The molecule has 3 unspecified atom stereocenters. The van der Waals surface area contributed by atoms with Gasteiger partial charge in [0.2, 0.25) is 0 Å². The summed E-state index contributed by atoms with van der Waals surface area (Å²) in [6.07, 6.45) is 2.81. The molecule has 2 aromatic carbocycles. The molecule has 2 aliphatic rings. The number of ether oxygens (including phenoxy) is 1. The van der Waals surface area contributed by atoms with Crippen molar-refractivity contribution < 1.29 is 9.53 Å². The zero-order chi connectivity index (χ0) is 17.1. The predicted molar refractivity (Wildman–Crippen MR) is 97.6 cm³/mol. The van der Waals surface area contributed by atoms with E-state index in [1.807, 2.05) is 18.2 Å². The summed E-state index contributed by atoms with van der Waals surface area (Å²) < 4.78 is 5.87. The minimum Gasteiger partial charge on any atom is -0.373 e. The smallest absolute Gasteiger partial charge is 0.315 e. The maximum absolute atomic E-state index is 12.2. The van der Waals surface area contributed by atoms with Crippen LogP contribution < -0.4 is 10.6 Å². The standard InChI is InChI=1S/C21H24N2O2/c24-21(22-14-17-12-16-8-4-5-9-19(16)17)23-18-10-11-25-20(13-18)15-6-2-1-3-7-15/h1-9,17-18,20H,10-14H2,(H2,22,23,24). The van der Waals surface area contributed by atoms with E-state index in [9.17, 15) is 4.79 Å². The van der Waals surface area contributed by atoms with Gasteiger partial charge in [-0.3, -0.25) is 0 Å². The van der Waals surface area contributed by atoms with Crippen LogP contribution in [0.4, 0.5) is 4.79 Å². The van der Waals surface area contributed by atoms with Gasteiger partial charge in [0, 0.05) is 25.1 Å². The van der Waals surface area contributed by atoms with Gasteiger partial charge in [-0.25, -0.2) is 4.79 Å². The lowest BCUT2D eigenvalue weighted by molar-refractivity contribution is 0.00226. The van der Waals surface area contributed by atoms with Gasteiger partial charge in [0.05, 0.1) is 6.10 Å². The molecule has 0 spiro atoms. The van der Waals surface area contributed by atoms with Gasteiger partial charge in [0.25, 0.3) is 0 Å². The van der Waals surface area contributed by atoms with Gasteiger partial charge in [-0.1, -0.05) is 54.6 Å². The summed E-state index contributed by atoms with van der Waals surface area (Å²) in [5, 5.41) is 6.15. The van der Waals surface area contributed by atoms with E-state index in [1.54, 1.807) is 0 Å². The first-order valence-corrected chi connectivity index (χ1v) is 9.08. The van der Waals surface area contributed by atoms with Crippen molar-refractivity contribution >= 4 is 6.03 Å². The Morgan fingerprint density at radius 2 is 1.88 bits per heavy atom. The minimum atomic E-state index is -0.0666. The number of amides is 2. The quantitative estimate of drug-likeness (QED) is 0.897. The van der Waals surface area contributed by atoms with Gasteiger partial charge in [0.15, 0.2) is 0 Å². The maximum atomic E-state index is 12.2. The highest BCUT2D eigenvalue weighted by molar-refractivity contribution is 5.74. The Labute approximate surface area is 148 Å². The Morgan fingerprint density at radius 1 is 1.08 bits per heavy atom. The number of carbonyl (C=O) groups excluding carboxylic acids is 1. The molecule has 4 nitrogen and oxygen atoms in total. The molecular weight excluding hydrogens is 312 g/mol. The highest BCUT2D eigenvalue weighted by atomic mass is 16.5. The molecule has 0 bridgehead atoms. The summed E-state index contributed by atoms with van der Waals surface area (Å²) in [6.45, 7) is 1.38. The minimum absolute atomic E-state index is 0.0666. The Morgan fingerprint density at radius 3 is 2.72 bits per heavy atom. The van der Waals surface area contributed by atoms with Crippen LogP contribution in [0.1, 0.15) is 41.6 Å². The Kier molecular flexibility index (Phi) is 4.70. The molecule has 0 aromatic heterocycles. The van der Waals surface area contributed by atoms with E-state index in [-0.39, 0.29) is 18.2 Å². The molecule has 2 N–H and O–H groups in total. The summed E-state index contributed by atoms with van der Waals surface area (Å²) in [5.74, 6) is 0.453. The molecule has 3 atom stereocenters. The van der Waals surface area contributed by atoms with Crippen LogP contribution in [0.25, 0.3) is 0 Å². The molecule has 0 radical (unpaired) electrons. The van der Waals surface area contributed by atoms with Gasteiger partial charge in [0.1, 0.15) is 0 Å². The Hall–Kier alpha value is -2.33. The molecule has 1 saturated heterocycles. The van der Waals surface area contributed by atoms with Crippen LogP contribution in [-0.2, 0) is 11.2 Å². The van der Waals surface area contributed by atoms with E-state index in [0.717, 1.165) is 19.3 Å². The molecule has 130 valence electrons. The SMILES string of the molecule is O=C(NCC1Cc2ccccc21)NC1CCOC(c2ccccc2)C1. The van der Waals surface area contributed by atoms with Crippen molar-refractivity contribution in [1.82, 2.24) is 10.6 Å². The van der Waals surface area contributed by atoms with E-state index in [4.69, 9.17) is 4.74 Å². The second-order valence-electron chi connectivity index (χ2n) is 6.95. The average Bonchev–Trinajstić information content (AvgIpc) is 2.63. The van der Waals surface area contributed by atoms with Crippen molar-refractivity contribution in [2.24, 2.45) is 0 Å². The van der Waals surface area contributed by atoms with E-state index >= 15 is 0 Å². The first kappa shape index (κ1) is 16.2. The molecule has 2 amide bonds. The molecular formula is C21H24N2O2. The topological polar surface area (TPSA) is 50.4 Å². The normalized spacial score (nSPS) is 24.7. The predicted octanol–water partition coefficient (Wildman–Crippen LogP) is 3.55. The van der Waals surface area contributed by atoms with Gasteiger partial charge in [-0.15, -0.1) is 0 Å². The van der Waals surface area contributed by atoms with E-state index < -0.39 is 0 Å². The molecule has 1 aliphatic heterocycles. The van der Waals surface area contributed by atoms with E-state index in [0.29, 0.717) is 19.1 Å². The molecule has 1 heterocycles. The molecule has 4 rings (SSSR count). The van der Waals surface area contributed by atoms with Gasteiger partial charge in [-0.05, 0) is 36.0 Å². The van der Waals surface area contributed by atoms with Crippen LogP contribution in [0.15, 0.2) is 54.6 Å². The van der Waals surface area contributed by atoms with Gasteiger partial charge in [-0.2, -0.15) is 0 Å². The zero-order valence-corrected chi connectivity index (χ0v) is 14.3. The first-order chi connectivity index (χ1) is 12.3. The molecule has 2 aromatic rings. The molecule has 4 heteroatoms. The number of fused-ring (bicyclic) bond motifs is 1. The maximum Gasteiger partial charge on any atom is 0.315 e. The number of hydrogen-bond donors (Lipinski definition) is 2. The van der Waals surface area contributed by atoms with Crippen LogP contribution in [0.3, 0.4) is 0 Å². The van der Waals surface area contributed by atoms with Crippen LogP contribution in [-0.4, -0.2) is 25.2 Å². The third-order valence-corrected chi connectivity index (χ3v) is 5.26. The van der Waals surface area contributed by atoms with Crippen LogP contribution >= 0.6 is 0 Å². The third-order valence-electron chi connectivity index (χ3n) is 5.26. The van der Waals surface area contributed by atoms with Crippen molar-refractivity contribution in [2.45, 2.75) is 37.3 Å². The van der Waals surface area contributed by atoms with Crippen molar-refractivity contribution in [3.05, 3.63) is 71.3 Å². The zero-order valence-electron chi connectivity index (χ0n) is 14.3. The summed E-state index contributed by atoms with van der Waals surface area (Å²) in [7, 11) is 0. The Balaban J connectivity index is 1.25. The number of nitrogens with one attached hydrogen (secondary N) is 2. The Bertz CT molecular complexity index is 732. The molecule has 1 aliphatic carbocycles. The summed E-state index contributed by atoms with van der Waals surface area (Å²) >= 11 is 0. The lowest BCUT2D eigenvalue weighted by atomic mass is 9.78. The van der Waals surface area contributed by atoms with Crippen molar-refractivity contribution in [3.8, 4) is 0 Å². The van der Waals surface area contributed by atoms with Crippen LogP contribution in [0.2, 0.25) is 0 Å². The number of urea groups is 1. The van der Waals surface area contributed by atoms with E-state index in [2.05, 4.69) is 47.0 Å². The first-order valence-electron chi connectivity index (χ1n) is 9.08. The highest BCUT2D eigenvalue weighted by Gasteiger charge is 2.27. The van der Waals surface area contributed by atoms with Gasteiger partial charge < -0.3 is 15.4 Å². The van der Waals surface area contributed by atoms with Crippen molar-refractivity contribution in [3.63, 3.8) is 0 Å². The second-order valence-corrected chi connectivity index (χ2v) is 6.95. The van der Waals surface area contributed by atoms with Crippen LogP contribution in [0, 0.1) is 0 Å². The lowest BCUT2D eigenvalue weighted by Crippen LogP contribution is -2.46. The van der Waals surface area contributed by atoms with Crippen molar-refractivity contribution in [1.29, 1.82) is 0 Å². The molecule has 1 fully saturated rings. The fourth-order valence-corrected chi connectivity index (χ4v) is 3.83. The van der Waals surface area contributed by atoms with Crippen LogP contribution in [0.5, 0.6) is 0 Å². The van der Waals surface area contributed by atoms with Crippen molar-refractivity contribution in [2.75, 3.05) is 13.2 Å². The summed E-state index contributed by atoms with van der Waals surface area (Å²) in [4.78, 5) is 12.2. The lowest BCUT2D eigenvalue weighted by Gasteiger charge is -2.32. The average molecular weight is 336 g/mol. The monoisotopic (exact) mass is 336 g/mol. The number of rotatable bonds is 4. The highest BCUT2D eigenvalue weighted by Crippen LogP contribution is 2.34. The second kappa shape index (κ2) is 7.28. The fourth-order valence-electron chi connectivity index (χ4n) is 3.83. The fraction of sp³-hybridized carbons (Fsp3) is 0.381. The van der Waals surface area contributed by atoms with E-state index in [1.165, 1.54) is 16.7 Å². The van der Waals surface area contributed by atoms with Gasteiger partial charge >= 0.3 is 6.03 Å². The molecule has 25 heavy (non-hydrogen) atoms. The number of benzene rings is 2. The number of hydrogen-bond acceptors (Lipinski definition) is 2. The summed E-state index contributed by atoms with van der Waals surface area (Å²) in [5.41, 5.74) is 3.96.